The zero-order chi connectivity index (χ0) is 16.6. The lowest BCUT2D eigenvalue weighted by Crippen LogP contribution is -2.32. The second kappa shape index (κ2) is 8.66. The summed E-state index contributed by atoms with van der Waals surface area (Å²) in [6, 6.07) is 8.05. The van der Waals surface area contributed by atoms with Crippen molar-refractivity contribution in [2.45, 2.75) is 59.6 Å². The predicted octanol–water partition coefficient (Wildman–Crippen LogP) is 4.56. The molecule has 0 fully saturated rings. The van der Waals surface area contributed by atoms with Gasteiger partial charge in [-0.2, -0.15) is 0 Å². The van der Waals surface area contributed by atoms with Crippen molar-refractivity contribution in [2.24, 2.45) is 5.92 Å². The molecule has 124 valence electrons. The van der Waals surface area contributed by atoms with Crippen LogP contribution in [0.2, 0.25) is 0 Å². The molecule has 0 saturated heterocycles. The van der Waals surface area contributed by atoms with Crippen LogP contribution in [0.5, 0.6) is 0 Å². The average molecular weight is 306 g/mol. The highest BCUT2D eigenvalue weighted by atomic mass is 16.6. The SMILES string of the molecule is CCCC(C)CNc1ccccc1CNC(=O)OC(C)(C)C. The smallest absolute Gasteiger partial charge is 0.407 e. The Morgan fingerprint density at radius 2 is 1.95 bits per heavy atom. The highest BCUT2D eigenvalue weighted by Gasteiger charge is 2.16. The van der Waals surface area contributed by atoms with Gasteiger partial charge in [0.25, 0.3) is 0 Å². The molecule has 0 saturated carbocycles. The number of rotatable bonds is 7. The summed E-state index contributed by atoms with van der Waals surface area (Å²) in [6.07, 6.45) is 2.03. The van der Waals surface area contributed by atoms with E-state index in [9.17, 15) is 4.79 Å². The molecule has 1 aromatic rings. The normalized spacial score (nSPS) is 12.6. The fourth-order valence-electron chi connectivity index (χ4n) is 2.21. The van der Waals surface area contributed by atoms with E-state index in [1.165, 1.54) is 12.8 Å². The Labute approximate surface area is 134 Å². The molecule has 1 unspecified atom stereocenters. The first kappa shape index (κ1) is 18.3. The molecule has 1 rings (SSSR count). The Balaban J connectivity index is 2.55. The van der Waals surface area contributed by atoms with E-state index in [0.717, 1.165) is 17.8 Å². The van der Waals surface area contributed by atoms with Crippen molar-refractivity contribution in [3.05, 3.63) is 29.8 Å². The van der Waals surface area contributed by atoms with E-state index in [1.807, 2.05) is 45.0 Å². The van der Waals surface area contributed by atoms with Gasteiger partial charge in [-0.25, -0.2) is 4.79 Å². The third-order valence-electron chi connectivity index (χ3n) is 3.26. The molecular weight excluding hydrogens is 276 g/mol. The Morgan fingerprint density at radius 3 is 2.59 bits per heavy atom. The molecule has 0 spiro atoms. The van der Waals surface area contributed by atoms with Gasteiger partial charge in [-0.05, 0) is 44.7 Å². The molecule has 0 aliphatic heterocycles. The van der Waals surface area contributed by atoms with Crippen molar-refractivity contribution in [2.75, 3.05) is 11.9 Å². The molecular formula is C18H30N2O2. The highest BCUT2D eigenvalue weighted by molar-refractivity contribution is 5.68. The highest BCUT2D eigenvalue weighted by Crippen LogP contribution is 2.16. The summed E-state index contributed by atoms with van der Waals surface area (Å²) in [5.74, 6) is 0.636. The van der Waals surface area contributed by atoms with Crippen LogP contribution in [0.3, 0.4) is 0 Å². The van der Waals surface area contributed by atoms with Crippen LogP contribution in [0.1, 0.15) is 53.0 Å². The number of carbonyl (C=O) groups excluding carboxylic acids is 1. The number of ether oxygens (including phenoxy) is 1. The lowest BCUT2D eigenvalue weighted by molar-refractivity contribution is 0.0523. The number of nitrogens with one attached hydrogen (secondary N) is 2. The van der Waals surface area contributed by atoms with Gasteiger partial charge in [0.15, 0.2) is 0 Å². The summed E-state index contributed by atoms with van der Waals surface area (Å²) >= 11 is 0. The van der Waals surface area contributed by atoms with E-state index in [-0.39, 0.29) is 6.09 Å². The maximum atomic E-state index is 11.7. The molecule has 0 bridgehead atoms. The van der Waals surface area contributed by atoms with Crippen molar-refractivity contribution in [1.82, 2.24) is 5.32 Å². The van der Waals surface area contributed by atoms with Crippen molar-refractivity contribution in [3.63, 3.8) is 0 Å². The van der Waals surface area contributed by atoms with Gasteiger partial charge in [0.05, 0.1) is 0 Å². The molecule has 4 nitrogen and oxygen atoms in total. The first-order valence-electron chi connectivity index (χ1n) is 8.10. The number of para-hydroxylation sites is 1. The van der Waals surface area contributed by atoms with E-state index < -0.39 is 5.60 Å². The second-order valence-corrected chi connectivity index (χ2v) is 6.79. The van der Waals surface area contributed by atoms with E-state index >= 15 is 0 Å². The largest absolute Gasteiger partial charge is 0.444 e. The zero-order valence-corrected chi connectivity index (χ0v) is 14.5. The van der Waals surface area contributed by atoms with Crippen molar-refractivity contribution in [3.8, 4) is 0 Å². The van der Waals surface area contributed by atoms with Crippen LogP contribution in [0.15, 0.2) is 24.3 Å². The first-order valence-corrected chi connectivity index (χ1v) is 8.10. The van der Waals surface area contributed by atoms with Crippen LogP contribution in [-0.2, 0) is 11.3 Å². The van der Waals surface area contributed by atoms with Crippen LogP contribution in [0.25, 0.3) is 0 Å². The lowest BCUT2D eigenvalue weighted by atomic mass is 10.1. The summed E-state index contributed by atoms with van der Waals surface area (Å²) in [4.78, 5) is 11.7. The van der Waals surface area contributed by atoms with E-state index in [4.69, 9.17) is 4.74 Å². The molecule has 0 heterocycles. The maximum absolute atomic E-state index is 11.7. The van der Waals surface area contributed by atoms with Gasteiger partial charge in [-0.15, -0.1) is 0 Å². The minimum Gasteiger partial charge on any atom is -0.444 e. The maximum Gasteiger partial charge on any atom is 0.407 e. The van der Waals surface area contributed by atoms with Crippen LogP contribution in [0.4, 0.5) is 10.5 Å². The Bertz CT molecular complexity index is 466. The number of benzene rings is 1. The Hall–Kier alpha value is -1.71. The molecule has 0 aliphatic carbocycles. The number of alkyl carbamates (subject to hydrolysis) is 1. The number of hydrogen-bond donors (Lipinski definition) is 2. The van der Waals surface area contributed by atoms with Crippen molar-refractivity contribution < 1.29 is 9.53 Å². The van der Waals surface area contributed by atoms with Crippen molar-refractivity contribution in [1.29, 1.82) is 0 Å². The summed E-state index contributed by atoms with van der Waals surface area (Å²) in [5, 5.41) is 6.29. The lowest BCUT2D eigenvalue weighted by Gasteiger charge is -2.20. The summed E-state index contributed by atoms with van der Waals surface area (Å²) in [7, 11) is 0. The molecule has 0 aliphatic rings. The molecule has 0 aromatic heterocycles. The van der Waals surface area contributed by atoms with Crippen LogP contribution in [0, 0.1) is 5.92 Å². The van der Waals surface area contributed by atoms with Gasteiger partial charge < -0.3 is 15.4 Å². The number of amides is 1. The van der Waals surface area contributed by atoms with Crippen LogP contribution >= 0.6 is 0 Å². The number of anilines is 1. The predicted molar refractivity (Wildman–Crippen MR) is 92.1 cm³/mol. The third-order valence-corrected chi connectivity index (χ3v) is 3.26. The van der Waals surface area contributed by atoms with Gasteiger partial charge in [0.1, 0.15) is 5.60 Å². The zero-order valence-electron chi connectivity index (χ0n) is 14.5. The fourth-order valence-corrected chi connectivity index (χ4v) is 2.21. The van der Waals surface area contributed by atoms with E-state index in [1.54, 1.807) is 0 Å². The van der Waals surface area contributed by atoms with Gasteiger partial charge in [0.2, 0.25) is 0 Å². The van der Waals surface area contributed by atoms with Crippen LogP contribution in [-0.4, -0.2) is 18.2 Å². The molecule has 1 atom stereocenters. The van der Waals surface area contributed by atoms with Gasteiger partial charge in [-0.3, -0.25) is 0 Å². The molecule has 4 heteroatoms. The molecule has 1 aromatic carbocycles. The quantitative estimate of drug-likeness (QED) is 0.776. The topological polar surface area (TPSA) is 50.4 Å². The number of carbonyl (C=O) groups is 1. The summed E-state index contributed by atoms with van der Waals surface area (Å²) < 4.78 is 5.26. The van der Waals surface area contributed by atoms with Crippen molar-refractivity contribution >= 4 is 11.8 Å². The monoisotopic (exact) mass is 306 g/mol. The van der Waals surface area contributed by atoms with Gasteiger partial charge >= 0.3 is 6.09 Å². The molecule has 1 amide bonds. The third kappa shape index (κ3) is 7.34. The Kier molecular flexibility index (Phi) is 7.22. The average Bonchev–Trinajstić information content (AvgIpc) is 2.42. The van der Waals surface area contributed by atoms with Gasteiger partial charge in [0, 0.05) is 18.8 Å². The standard InChI is InChI=1S/C18H30N2O2/c1-6-9-14(2)12-19-16-11-8-7-10-15(16)13-20-17(21)22-18(3,4)5/h7-8,10-11,14,19H,6,9,12-13H2,1-5H3,(H,20,21). The molecule has 2 N–H and O–H groups in total. The summed E-state index contributed by atoms with van der Waals surface area (Å²) in [6.45, 7) is 11.4. The van der Waals surface area contributed by atoms with Gasteiger partial charge in [-0.1, -0.05) is 38.5 Å². The Morgan fingerprint density at radius 1 is 1.27 bits per heavy atom. The van der Waals surface area contributed by atoms with E-state index in [0.29, 0.717) is 12.5 Å². The minimum atomic E-state index is -0.475. The molecule has 0 radical (unpaired) electrons. The number of hydrogen-bond acceptors (Lipinski definition) is 3. The summed E-state index contributed by atoms with van der Waals surface area (Å²) in [5.41, 5.74) is 1.66. The van der Waals surface area contributed by atoms with E-state index in [2.05, 4.69) is 24.5 Å². The van der Waals surface area contributed by atoms with Crippen LogP contribution < -0.4 is 10.6 Å². The molecule has 22 heavy (non-hydrogen) atoms. The fraction of sp³-hybridized carbons (Fsp3) is 0.611. The minimum absolute atomic E-state index is 0.387. The first-order chi connectivity index (χ1) is 10.3. The second-order valence-electron chi connectivity index (χ2n) is 6.79.